The number of carbonyl (C=O) groups excluding carboxylic acids is 3. The number of benzene rings is 1. The van der Waals surface area contributed by atoms with Crippen molar-refractivity contribution in [2.75, 3.05) is 24.7 Å². The number of halogens is 1. The molecule has 0 saturated carbocycles. The fourth-order valence-corrected chi connectivity index (χ4v) is 1.98. The van der Waals surface area contributed by atoms with Gasteiger partial charge in [-0.05, 0) is 38.1 Å². The summed E-state index contributed by atoms with van der Waals surface area (Å²) in [6.07, 6.45) is -0.427. The summed E-state index contributed by atoms with van der Waals surface area (Å²) in [5, 5.41) is 0. The SMILES string of the molecule is CCOC(=O)CC(=O)N(CC(=O)OCC)c1ccc(Br)cc1. The first-order valence-electron chi connectivity index (χ1n) is 6.85. The van der Waals surface area contributed by atoms with Crippen molar-refractivity contribution >= 4 is 39.5 Å². The summed E-state index contributed by atoms with van der Waals surface area (Å²) in [5.74, 6) is -1.69. The van der Waals surface area contributed by atoms with Crippen LogP contribution in [0.25, 0.3) is 0 Å². The second-order valence-electron chi connectivity index (χ2n) is 4.24. The summed E-state index contributed by atoms with van der Waals surface area (Å²) >= 11 is 3.30. The molecule has 0 aromatic heterocycles. The van der Waals surface area contributed by atoms with Gasteiger partial charge in [-0.2, -0.15) is 0 Å². The molecule has 0 aliphatic rings. The zero-order chi connectivity index (χ0) is 16.5. The summed E-state index contributed by atoms with van der Waals surface area (Å²) in [7, 11) is 0. The van der Waals surface area contributed by atoms with Gasteiger partial charge in [0.2, 0.25) is 5.91 Å². The third kappa shape index (κ3) is 5.85. The van der Waals surface area contributed by atoms with Crippen molar-refractivity contribution in [1.29, 1.82) is 0 Å². The number of nitrogens with zero attached hydrogens (tertiary/aromatic N) is 1. The van der Waals surface area contributed by atoms with Crippen LogP contribution in [0.15, 0.2) is 28.7 Å². The van der Waals surface area contributed by atoms with Crippen molar-refractivity contribution in [1.82, 2.24) is 0 Å². The molecule has 1 amide bonds. The first-order chi connectivity index (χ1) is 10.5. The number of hydrogen-bond acceptors (Lipinski definition) is 5. The molecule has 0 fully saturated rings. The largest absolute Gasteiger partial charge is 0.466 e. The molecule has 0 heterocycles. The minimum absolute atomic E-state index is 0.197. The van der Waals surface area contributed by atoms with Gasteiger partial charge in [0.05, 0.1) is 13.2 Å². The van der Waals surface area contributed by atoms with Crippen molar-refractivity contribution < 1.29 is 23.9 Å². The molecule has 1 aromatic rings. The van der Waals surface area contributed by atoms with Gasteiger partial charge >= 0.3 is 11.9 Å². The second-order valence-corrected chi connectivity index (χ2v) is 5.16. The van der Waals surface area contributed by atoms with E-state index in [0.717, 1.165) is 4.47 Å². The number of hydrogen-bond donors (Lipinski definition) is 0. The number of rotatable bonds is 7. The van der Waals surface area contributed by atoms with Gasteiger partial charge in [0.1, 0.15) is 13.0 Å². The Morgan fingerprint density at radius 1 is 1.00 bits per heavy atom. The predicted octanol–water partition coefficient (Wildman–Crippen LogP) is 2.30. The third-order valence-corrected chi connectivity index (χ3v) is 3.16. The van der Waals surface area contributed by atoms with Gasteiger partial charge in [0, 0.05) is 10.2 Å². The molecule has 1 aromatic carbocycles. The molecule has 0 aliphatic heterocycles. The first kappa shape index (κ1) is 18.2. The van der Waals surface area contributed by atoms with Gasteiger partial charge in [-0.1, -0.05) is 15.9 Å². The van der Waals surface area contributed by atoms with Crippen LogP contribution in [0.4, 0.5) is 5.69 Å². The lowest BCUT2D eigenvalue weighted by atomic mass is 10.2. The van der Waals surface area contributed by atoms with Crippen LogP contribution in [0, 0.1) is 0 Å². The van der Waals surface area contributed by atoms with Crippen molar-refractivity contribution in [3.05, 3.63) is 28.7 Å². The first-order valence-corrected chi connectivity index (χ1v) is 7.64. The molecule has 22 heavy (non-hydrogen) atoms. The van der Waals surface area contributed by atoms with Gasteiger partial charge in [0.25, 0.3) is 0 Å². The number of carbonyl (C=O) groups is 3. The van der Waals surface area contributed by atoms with Crippen LogP contribution in [0.1, 0.15) is 20.3 Å². The molecule has 0 spiro atoms. The highest BCUT2D eigenvalue weighted by atomic mass is 79.9. The molecule has 7 heteroatoms. The maximum Gasteiger partial charge on any atom is 0.326 e. The Balaban J connectivity index is 2.90. The van der Waals surface area contributed by atoms with E-state index in [9.17, 15) is 14.4 Å². The van der Waals surface area contributed by atoms with Gasteiger partial charge in [-0.15, -0.1) is 0 Å². The number of esters is 2. The number of amides is 1. The van der Waals surface area contributed by atoms with Crippen LogP contribution in [-0.2, 0) is 23.9 Å². The molecule has 0 bridgehead atoms. The number of ether oxygens (including phenoxy) is 2. The average molecular weight is 372 g/mol. The zero-order valence-corrected chi connectivity index (χ0v) is 14.1. The van der Waals surface area contributed by atoms with E-state index < -0.39 is 24.3 Å². The quantitative estimate of drug-likeness (QED) is 0.543. The normalized spacial score (nSPS) is 9.95. The van der Waals surface area contributed by atoms with Crippen molar-refractivity contribution in [2.45, 2.75) is 20.3 Å². The Bertz CT molecular complexity index is 529. The Morgan fingerprint density at radius 3 is 2.09 bits per heavy atom. The van der Waals surface area contributed by atoms with E-state index in [0.29, 0.717) is 5.69 Å². The Hall–Kier alpha value is -1.89. The Labute approximate surface area is 137 Å². The maximum absolute atomic E-state index is 12.3. The fraction of sp³-hybridized carbons (Fsp3) is 0.400. The summed E-state index contributed by atoms with van der Waals surface area (Å²) in [6, 6.07) is 6.83. The summed E-state index contributed by atoms with van der Waals surface area (Å²) in [4.78, 5) is 36.6. The maximum atomic E-state index is 12.3. The lowest BCUT2D eigenvalue weighted by Gasteiger charge is -2.21. The minimum Gasteiger partial charge on any atom is -0.466 e. The fourth-order valence-electron chi connectivity index (χ4n) is 1.71. The van der Waals surface area contributed by atoms with Crippen molar-refractivity contribution in [2.24, 2.45) is 0 Å². The van der Waals surface area contributed by atoms with Crippen LogP contribution < -0.4 is 4.90 Å². The van der Waals surface area contributed by atoms with Gasteiger partial charge in [0.15, 0.2) is 0 Å². The molecular weight excluding hydrogens is 354 g/mol. The van der Waals surface area contributed by atoms with E-state index in [4.69, 9.17) is 9.47 Å². The lowest BCUT2D eigenvalue weighted by molar-refractivity contribution is -0.147. The molecular formula is C15H18BrNO5. The van der Waals surface area contributed by atoms with Crippen LogP contribution in [0.5, 0.6) is 0 Å². The third-order valence-electron chi connectivity index (χ3n) is 2.63. The van der Waals surface area contributed by atoms with Crippen molar-refractivity contribution in [3.8, 4) is 0 Å². The highest BCUT2D eigenvalue weighted by Gasteiger charge is 2.22. The average Bonchev–Trinajstić information content (AvgIpc) is 2.46. The second kappa shape index (κ2) is 9.19. The molecule has 0 atom stereocenters. The van der Waals surface area contributed by atoms with E-state index >= 15 is 0 Å². The van der Waals surface area contributed by atoms with Crippen LogP contribution in [0.2, 0.25) is 0 Å². The van der Waals surface area contributed by atoms with E-state index in [2.05, 4.69) is 15.9 Å². The molecule has 1 rings (SSSR count). The topological polar surface area (TPSA) is 72.9 Å². The van der Waals surface area contributed by atoms with Crippen LogP contribution in [-0.4, -0.2) is 37.6 Å². The molecule has 120 valence electrons. The van der Waals surface area contributed by atoms with E-state index in [1.165, 1.54) is 4.90 Å². The summed E-state index contributed by atoms with van der Waals surface area (Å²) < 4.78 is 10.5. The van der Waals surface area contributed by atoms with Crippen LogP contribution in [0.3, 0.4) is 0 Å². The van der Waals surface area contributed by atoms with E-state index in [1.807, 2.05) is 0 Å². The lowest BCUT2D eigenvalue weighted by Crippen LogP contribution is -2.37. The molecule has 0 unspecified atom stereocenters. The predicted molar refractivity (Wildman–Crippen MR) is 84.4 cm³/mol. The zero-order valence-electron chi connectivity index (χ0n) is 12.5. The van der Waals surface area contributed by atoms with Gasteiger partial charge in [-0.25, -0.2) is 0 Å². The Kier molecular flexibility index (Phi) is 7.59. The smallest absolute Gasteiger partial charge is 0.326 e. The van der Waals surface area contributed by atoms with Crippen molar-refractivity contribution in [3.63, 3.8) is 0 Å². The van der Waals surface area contributed by atoms with E-state index in [-0.39, 0.29) is 19.8 Å². The van der Waals surface area contributed by atoms with Crippen LogP contribution >= 0.6 is 15.9 Å². The van der Waals surface area contributed by atoms with Gasteiger partial charge in [-0.3, -0.25) is 14.4 Å². The van der Waals surface area contributed by atoms with E-state index in [1.54, 1.807) is 38.1 Å². The monoisotopic (exact) mass is 371 g/mol. The summed E-state index contributed by atoms with van der Waals surface area (Å²) in [6.45, 7) is 3.50. The highest BCUT2D eigenvalue weighted by Crippen LogP contribution is 2.19. The number of anilines is 1. The summed E-state index contributed by atoms with van der Waals surface area (Å²) in [5.41, 5.74) is 0.505. The molecule has 0 aliphatic carbocycles. The molecule has 0 radical (unpaired) electrons. The minimum atomic E-state index is -0.626. The standard InChI is InChI=1S/C15H18BrNO5/c1-3-21-14(19)9-13(18)17(10-15(20)22-4-2)12-7-5-11(16)6-8-12/h5-8H,3-4,9-10H2,1-2H3. The highest BCUT2D eigenvalue weighted by molar-refractivity contribution is 9.10. The Morgan fingerprint density at radius 2 is 1.55 bits per heavy atom. The molecule has 0 N–H and O–H groups in total. The molecule has 0 saturated heterocycles. The van der Waals surface area contributed by atoms with Gasteiger partial charge < -0.3 is 14.4 Å². The molecule has 6 nitrogen and oxygen atoms in total.